The maximum absolute atomic E-state index is 11.3. The average molecular weight is 213 g/mol. The molecular weight excluding hydrogens is 198 g/mol. The quantitative estimate of drug-likeness (QED) is 0.833. The van der Waals surface area contributed by atoms with Crippen molar-refractivity contribution in [2.24, 2.45) is 5.14 Å². The minimum atomic E-state index is -3.59. The molecule has 14 heavy (non-hydrogen) atoms. The largest absolute Gasteiger partial charge is 0.238 e. The second kappa shape index (κ2) is 4.11. The lowest BCUT2D eigenvalue weighted by Gasteiger charge is -2.12. The van der Waals surface area contributed by atoms with Gasteiger partial charge in [0.2, 0.25) is 10.0 Å². The summed E-state index contributed by atoms with van der Waals surface area (Å²) < 4.78 is 22.5. The molecule has 0 spiro atoms. The number of primary sulfonamides is 1. The molecule has 1 aromatic carbocycles. The lowest BCUT2D eigenvalue weighted by atomic mass is 9.99. The highest BCUT2D eigenvalue weighted by molar-refractivity contribution is 7.89. The fourth-order valence-electron chi connectivity index (χ4n) is 1.37. The van der Waals surface area contributed by atoms with E-state index in [9.17, 15) is 8.42 Å². The molecule has 0 aromatic heterocycles. The zero-order chi connectivity index (χ0) is 10.8. The molecule has 0 aliphatic carbocycles. The van der Waals surface area contributed by atoms with Gasteiger partial charge < -0.3 is 0 Å². The Kier molecular flexibility index (Phi) is 3.29. The van der Waals surface area contributed by atoms with Gasteiger partial charge >= 0.3 is 0 Å². The Bertz CT molecular complexity index is 412. The number of sulfonamides is 1. The highest BCUT2D eigenvalue weighted by Crippen LogP contribution is 2.24. The van der Waals surface area contributed by atoms with E-state index in [-0.39, 0.29) is 10.8 Å². The number of hydrogen-bond acceptors (Lipinski definition) is 2. The summed E-state index contributed by atoms with van der Waals surface area (Å²) >= 11 is 0. The van der Waals surface area contributed by atoms with Crippen molar-refractivity contribution in [3.8, 4) is 0 Å². The second-order valence-corrected chi connectivity index (χ2v) is 4.92. The van der Waals surface area contributed by atoms with Crippen molar-refractivity contribution in [1.82, 2.24) is 0 Å². The van der Waals surface area contributed by atoms with Crippen LogP contribution < -0.4 is 5.14 Å². The van der Waals surface area contributed by atoms with Crippen LogP contribution >= 0.6 is 0 Å². The van der Waals surface area contributed by atoms with E-state index in [0.29, 0.717) is 0 Å². The molecule has 0 amide bonds. The van der Waals surface area contributed by atoms with Gasteiger partial charge in [0.05, 0.1) is 4.90 Å². The Hall–Kier alpha value is -0.870. The third-order valence-electron chi connectivity index (χ3n) is 2.37. The van der Waals surface area contributed by atoms with Crippen LogP contribution in [0.1, 0.15) is 31.7 Å². The first kappa shape index (κ1) is 11.2. The Labute approximate surface area is 85.0 Å². The van der Waals surface area contributed by atoms with Crippen LogP contribution in [0.3, 0.4) is 0 Å². The van der Waals surface area contributed by atoms with Crippen molar-refractivity contribution in [2.75, 3.05) is 0 Å². The number of rotatable bonds is 3. The van der Waals surface area contributed by atoms with Gasteiger partial charge in [0.25, 0.3) is 0 Å². The summed E-state index contributed by atoms with van der Waals surface area (Å²) in [6.07, 6.45) is 0.895. The number of nitrogens with two attached hydrogens (primary N) is 1. The van der Waals surface area contributed by atoms with E-state index in [1.807, 2.05) is 26.0 Å². The minimum Gasteiger partial charge on any atom is -0.225 e. The van der Waals surface area contributed by atoms with Gasteiger partial charge in [-0.1, -0.05) is 32.0 Å². The van der Waals surface area contributed by atoms with Crippen LogP contribution in [-0.2, 0) is 10.0 Å². The molecule has 3 nitrogen and oxygen atoms in total. The Morgan fingerprint density at radius 2 is 1.93 bits per heavy atom. The van der Waals surface area contributed by atoms with Crippen LogP contribution in [0.25, 0.3) is 0 Å². The molecule has 1 rings (SSSR count). The summed E-state index contributed by atoms with van der Waals surface area (Å²) in [5.74, 6) is 0.213. The molecule has 1 atom stereocenters. The molecule has 0 saturated carbocycles. The van der Waals surface area contributed by atoms with Crippen LogP contribution in [0.5, 0.6) is 0 Å². The molecule has 0 aliphatic heterocycles. The predicted octanol–water partition coefficient (Wildman–Crippen LogP) is 1.85. The molecule has 0 saturated heterocycles. The Balaban J connectivity index is 3.30. The lowest BCUT2D eigenvalue weighted by Crippen LogP contribution is -2.15. The summed E-state index contributed by atoms with van der Waals surface area (Å²) in [4.78, 5) is 0.245. The Morgan fingerprint density at radius 3 is 2.43 bits per heavy atom. The van der Waals surface area contributed by atoms with E-state index in [1.54, 1.807) is 12.1 Å². The molecule has 2 N–H and O–H groups in total. The van der Waals surface area contributed by atoms with Crippen LogP contribution in [0, 0.1) is 0 Å². The zero-order valence-corrected chi connectivity index (χ0v) is 9.21. The van der Waals surface area contributed by atoms with Crippen LogP contribution in [-0.4, -0.2) is 8.42 Å². The van der Waals surface area contributed by atoms with E-state index >= 15 is 0 Å². The van der Waals surface area contributed by atoms with Crippen molar-refractivity contribution in [2.45, 2.75) is 31.1 Å². The number of hydrogen-bond donors (Lipinski definition) is 1. The van der Waals surface area contributed by atoms with E-state index in [1.165, 1.54) is 0 Å². The van der Waals surface area contributed by atoms with E-state index in [4.69, 9.17) is 5.14 Å². The van der Waals surface area contributed by atoms with Crippen molar-refractivity contribution >= 4 is 10.0 Å². The van der Waals surface area contributed by atoms with Gasteiger partial charge in [-0.05, 0) is 24.0 Å². The van der Waals surface area contributed by atoms with Crippen molar-refractivity contribution < 1.29 is 8.42 Å². The zero-order valence-electron chi connectivity index (χ0n) is 8.40. The molecule has 4 heteroatoms. The fraction of sp³-hybridized carbons (Fsp3) is 0.400. The first-order chi connectivity index (χ1) is 6.46. The Morgan fingerprint density at radius 1 is 1.36 bits per heavy atom. The topological polar surface area (TPSA) is 60.2 Å². The van der Waals surface area contributed by atoms with Gasteiger partial charge in [0.15, 0.2) is 0 Å². The molecule has 0 radical (unpaired) electrons. The summed E-state index contributed by atoms with van der Waals surface area (Å²) in [7, 11) is -3.59. The molecule has 1 unspecified atom stereocenters. The van der Waals surface area contributed by atoms with Crippen molar-refractivity contribution in [3.05, 3.63) is 29.8 Å². The molecule has 0 bridgehead atoms. The number of benzene rings is 1. The third-order valence-corrected chi connectivity index (χ3v) is 3.35. The maximum Gasteiger partial charge on any atom is 0.238 e. The molecule has 0 fully saturated rings. The van der Waals surface area contributed by atoms with Crippen LogP contribution in [0.4, 0.5) is 0 Å². The van der Waals surface area contributed by atoms with E-state index in [0.717, 1.165) is 12.0 Å². The SMILES string of the molecule is CCC(C)c1ccccc1S(N)(=O)=O. The van der Waals surface area contributed by atoms with Gasteiger partial charge in [0.1, 0.15) is 0 Å². The molecule has 78 valence electrons. The first-order valence-electron chi connectivity index (χ1n) is 4.58. The molecule has 1 aromatic rings. The van der Waals surface area contributed by atoms with Gasteiger partial charge in [-0.3, -0.25) is 0 Å². The van der Waals surface area contributed by atoms with Crippen molar-refractivity contribution in [3.63, 3.8) is 0 Å². The standard InChI is InChI=1S/C10H15NO2S/c1-3-8(2)9-6-4-5-7-10(9)14(11,12)13/h4-8H,3H2,1-2H3,(H2,11,12,13). The summed E-state index contributed by atoms with van der Waals surface area (Å²) in [6, 6.07) is 6.88. The van der Waals surface area contributed by atoms with Gasteiger partial charge in [-0.2, -0.15) is 0 Å². The van der Waals surface area contributed by atoms with Gasteiger partial charge in [-0.15, -0.1) is 0 Å². The van der Waals surface area contributed by atoms with E-state index < -0.39 is 10.0 Å². The average Bonchev–Trinajstić information content (AvgIpc) is 2.15. The smallest absolute Gasteiger partial charge is 0.225 e. The summed E-state index contributed by atoms with van der Waals surface area (Å²) in [6.45, 7) is 4.01. The second-order valence-electron chi connectivity index (χ2n) is 3.39. The predicted molar refractivity (Wildman–Crippen MR) is 56.5 cm³/mol. The summed E-state index contributed by atoms with van der Waals surface area (Å²) in [5, 5.41) is 5.12. The molecule has 0 heterocycles. The fourth-order valence-corrected chi connectivity index (χ4v) is 2.23. The van der Waals surface area contributed by atoms with Crippen molar-refractivity contribution in [1.29, 1.82) is 0 Å². The van der Waals surface area contributed by atoms with Gasteiger partial charge in [-0.25, -0.2) is 13.6 Å². The minimum absolute atomic E-state index is 0.213. The van der Waals surface area contributed by atoms with Crippen LogP contribution in [0.15, 0.2) is 29.2 Å². The van der Waals surface area contributed by atoms with E-state index in [2.05, 4.69) is 0 Å². The third kappa shape index (κ3) is 2.33. The lowest BCUT2D eigenvalue weighted by molar-refractivity contribution is 0.594. The highest BCUT2D eigenvalue weighted by Gasteiger charge is 2.16. The molecule has 0 aliphatic rings. The normalized spacial score (nSPS) is 13.9. The maximum atomic E-state index is 11.3. The monoisotopic (exact) mass is 213 g/mol. The summed E-state index contributed by atoms with van der Waals surface area (Å²) in [5.41, 5.74) is 0.803. The highest BCUT2D eigenvalue weighted by atomic mass is 32.2. The van der Waals surface area contributed by atoms with Crippen LogP contribution in [0.2, 0.25) is 0 Å². The first-order valence-corrected chi connectivity index (χ1v) is 6.13. The van der Waals surface area contributed by atoms with Gasteiger partial charge in [0, 0.05) is 0 Å². The molecular formula is C10H15NO2S.